The van der Waals surface area contributed by atoms with Gasteiger partial charge < -0.3 is 75.4 Å². The van der Waals surface area contributed by atoms with Crippen molar-refractivity contribution in [1.82, 2.24) is 60.5 Å². The van der Waals surface area contributed by atoms with E-state index in [0.29, 0.717) is 37.1 Å². The van der Waals surface area contributed by atoms with Gasteiger partial charge in [0.15, 0.2) is 0 Å². The second-order valence-electron chi connectivity index (χ2n) is 31.1. The Morgan fingerprint density at radius 2 is 1.04 bits per heavy atom. The summed E-state index contributed by atoms with van der Waals surface area (Å²) < 4.78 is 6.13. The Balaban J connectivity index is 2.05. The van der Waals surface area contributed by atoms with Crippen LogP contribution in [0.5, 0.6) is 0 Å². The van der Waals surface area contributed by atoms with Crippen LogP contribution in [-0.4, -0.2) is 264 Å². The molecule has 27 heteroatoms. The van der Waals surface area contributed by atoms with Crippen molar-refractivity contribution in [1.29, 1.82) is 0 Å². The maximum absolute atomic E-state index is 15.6. The van der Waals surface area contributed by atoms with E-state index in [4.69, 9.17) is 4.74 Å². The zero-order chi connectivity index (χ0) is 79.1. The summed E-state index contributed by atoms with van der Waals surface area (Å²) in [6.07, 6.45) is 2.78. The maximum Gasteiger partial charge on any atom is 0.270 e. The summed E-state index contributed by atoms with van der Waals surface area (Å²) >= 11 is 0. The summed E-state index contributed by atoms with van der Waals surface area (Å²) in [7, 11) is 9.52. The molecule has 584 valence electrons. The Morgan fingerprint density at radius 3 is 1.53 bits per heavy atom. The SMILES string of the molecule is CC(C)/C=C1/C(=O)NC([C@@H](C)O)C(=O)N(C)CC(=O)N(C)C(CC(C)C)C(=O)N[C@H](C(=O)N2CCCCC2)CC(=O)N(C)[C@@H](CC(C)C)C(=O)NC(COCC(C)(C)CO)C(=O)N(C)C(CC(C)C)C(=O)N(C)[C@@H](Cc2ccccc2)C(=O)N/C(=C/C(C)C)C(=O)N(C)[C@@H](Cc2ccccc2)C(=O)N1C. The number of nitrogens with one attached hydrogen (secondary N) is 4. The second-order valence-corrected chi connectivity index (χ2v) is 31.1. The van der Waals surface area contributed by atoms with Crippen molar-refractivity contribution in [2.75, 3.05) is 88.8 Å². The van der Waals surface area contributed by atoms with E-state index in [2.05, 4.69) is 21.3 Å². The molecule has 27 nitrogen and oxygen atoms in total. The van der Waals surface area contributed by atoms with Crippen LogP contribution in [0, 0.1) is 35.0 Å². The largest absolute Gasteiger partial charge is 0.396 e. The lowest BCUT2D eigenvalue weighted by Crippen LogP contribution is -2.61. The van der Waals surface area contributed by atoms with Gasteiger partial charge in [-0.25, -0.2) is 0 Å². The summed E-state index contributed by atoms with van der Waals surface area (Å²) in [5.41, 5.74) is -0.118. The Hall–Kier alpha value is -8.56. The first-order valence-corrected chi connectivity index (χ1v) is 36.9. The maximum atomic E-state index is 15.6. The number of allylic oxidation sites excluding steroid dienone is 2. The average Bonchev–Trinajstić information content (AvgIpc) is 0.772. The minimum Gasteiger partial charge on any atom is -0.396 e. The molecule has 2 aliphatic heterocycles. The summed E-state index contributed by atoms with van der Waals surface area (Å²) in [5.74, 6) is -11.1. The molecule has 0 spiro atoms. The van der Waals surface area contributed by atoms with Gasteiger partial charge in [-0.3, -0.25) is 57.5 Å². The van der Waals surface area contributed by atoms with Crippen LogP contribution < -0.4 is 21.3 Å². The molecule has 0 bridgehead atoms. The zero-order valence-corrected chi connectivity index (χ0v) is 65.9. The molecule has 0 aliphatic carbocycles. The van der Waals surface area contributed by atoms with Gasteiger partial charge in [0.2, 0.25) is 59.1 Å². The van der Waals surface area contributed by atoms with Crippen molar-refractivity contribution in [3.8, 4) is 0 Å². The number of rotatable bonds is 19. The zero-order valence-electron chi connectivity index (χ0n) is 65.9. The predicted octanol–water partition coefficient (Wildman–Crippen LogP) is 4.14. The first-order valence-electron chi connectivity index (χ1n) is 36.9. The molecule has 4 rings (SSSR count). The van der Waals surface area contributed by atoms with Crippen LogP contribution >= 0.6 is 0 Å². The number of hydrogen-bond acceptors (Lipinski definition) is 15. The normalized spacial score (nSPS) is 24.0. The molecule has 2 aliphatic rings. The minimum atomic E-state index is -1.73. The van der Waals surface area contributed by atoms with Gasteiger partial charge >= 0.3 is 0 Å². The number of ether oxygens (including phenoxy) is 1. The van der Waals surface area contributed by atoms with E-state index in [1.165, 1.54) is 78.2 Å². The molecule has 4 unspecified atom stereocenters. The molecule has 2 aromatic rings. The molecule has 2 heterocycles. The van der Waals surface area contributed by atoms with Crippen LogP contribution in [-0.2, 0) is 75.1 Å². The third-order valence-electron chi connectivity index (χ3n) is 18.9. The first kappa shape index (κ1) is 88.8. The first-order chi connectivity index (χ1) is 49.1. The monoisotopic (exact) mass is 1470 g/mol. The molecule has 2 saturated heterocycles. The Morgan fingerprint density at radius 1 is 0.552 bits per heavy atom. The summed E-state index contributed by atoms with van der Waals surface area (Å²) in [5, 5.41) is 32.6. The highest BCUT2D eigenvalue weighted by molar-refractivity contribution is 6.05. The quantitative estimate of drug-likeness (QED) is 0.108. The van der Waals surface area contributed by atoms with Crippen molar-refractivity contribution in [3.63, 3.8) is 0 Å². The molecule has 6 N–H and O–H groups in total. The number of nitrogens with zero attached hydrogens (tertiary/aromatic N) is 8. The number of likely N-dealkylation sites (tertiary alicyclic amines) is 1. The number of aliphatic hydroxyl groups is 2. The highest BCUT2D eigenvalue weighted by atomic mass is 16.5. The van der Waals surface area contributed by atoms with Crippen molar-refractivity contribution in [3.05, 3.63) is 95.3 Å². The van der Waals surface area contributed by atoms with E-state index in [1.807, 2.05) is 41.5 Å². The van der Waals surface area contributed by atoms with Crippen LogP contribution in [0.15, 0.2) is 84.2 Å². The van der Waals surface area contributed by atoms with E-state index in [9.17, 15) is 34.2 Å². The highest BCUT2D eigenvalue weighted by Crippen LogP contribution is 2.25. The second kappa shape index (κ2) is 41.4. The number of amides is 12. The van der Waals surface area contributed by atoms with Gasteiger partial charge in [-0.05, 0) is 86.2 Å². The third-order valence-corrected chi connectivity index (χ3v) is 18.9. The van der Waals surface area contributed by atoms with Crippen LogP contribution in [0.3, 0.4) is 0 Å². The topological polar surface area (TPSA) is 329 Å². The lowest BCUT2D eigenvalue weighted by Gasteiger charge is -2.37. The van der Waals surface area contributed by atoms with E-state index in [0.717, 1.165) is 30.9 Å². The van der Waals surface area contributed by atoms with Gasteiger partial charge in [-0.15, -0.1) is 0 Å². The number of carbonyl (C=O) groups excluding carboxylic acids is 12. The Kier molecular flexibility index (Phi) is 35.0. The van der Waals surface area contributed by atoms with E-state index >= 15 is 33.6 Å². The molecule has 0 aromatic heterocycles. The Labute approximate surface area is 622 Å². The molecular formula is C78H122N12O15. The highest BCUT2D eigenvalue weighted by Gasteiger charge is 2.43. The molecule has 0 saturated carbocycles. The van der Waals surface area contributed by atoms with Crippen LogP contribution in [0.2, 0.25) is 0 Å². The van der Waals surface area contributed by atoms with Crippen molar-refractivity contribution >= 4 is 70.9 Å². The average molecular weight is 1470 g/mol. The van der Waals surface area contributed by atoms with Crippen LogP contribution in [0.25, 0.3) is 0 Å². The molecule has 2 aromatic carbocycles. The number of benzene rings is 2. The van der Waals surface area contributed by atoms with E-state index < -0.39 is 162 Å². The van der Waals surface area contributed by atoms with Gasteiger partial charge in [0.05, 0.1) is 38.9 Å². The molecule has 2 fully saturated rings. The third kappa shape index (κ3) is 26.5. The number of aliphatic hydroxyl groups excluding tert-OH is 2. The standard InChI is InChI=1S/C78H122N12O15/c1-48(2)36-56-72(99)89(20)64(42-55-32-26-22-27-33-55)76(103)86(17)61(39-51(7)8)71(98)82-67(53(11)92)77(104)83(14)44-66(94)85(16)60(38-50(5)6)68(95)80-57(74(101)90-34-28-23-29-35-90)43-65(93)84(15)59(37-49(3)4)69(96)81-58(45-105-47-78(12,13)46-91)73(100)88(19)63(40-52(9)10)75(102)87(18)62(70(97)79-56)41-54-30-24-21-25-31-54/h21-22,24-27,30-33,36,39,48-53,57-60,62-64,67,91-92H,23,28-29,34-35,37-38,40-47H2,1-20H3,(H,79,97)(H,80,95)(H,81,96)(H,82,98)/b56-36+,61-39-/t53-,57+,58?,59+,60?,62+,63?,64+,67?/m1/s1. The minimum absolute atomic E-state index is 0.0327. The molecular weight excluding hydrogens is 1340 g/mol. The number of hydrogen-bond donors (Lipinski definition) is 6. The fourth-order valence-corrected chi connectivity index (χ4v) is 12.6. The van der Waals surface area contributed by atoms with Crippen molar-refractivity contribution < 1.29 is 72.5 Å². The van der Waals surface area contributed by atoms with Gasteiger partial charge in [0.25, 0.3) is 11.8 Å². The van der Waals surface area contributed by atoms with Crippen LogP contribution in [0.4, 0.5) is 0 Å². The van der Waals surface area contributed by atoms with Gasteiger partial charge in [-0.2, -0.15) is 0 Å². The smallest absolute Gasteiger partial charge is 0.270 e. The van der Waals surface area contributed by atoms with Gasteiger partial charge in [0, 0.05) is 80.7 Å². The van der Waals surface area contributed by atoms with Crippen molar-refractivity contribution in [2.45, 2.75) is 202 Å². The molecule has 12 amide bonds. The fourth-order valence-electron chi connectivity index (χ4n) is 12.6. The summed E-state index contributed by atoms with van der Waals surface area (Å²) in [6.45, 7) is 21.9. The Bertz CT molecular complexity index is 3350. The van der Waals surface area contributed by atoms with E-state index in [-0.39, 0.29) is 74.5 Å². The van der Waals surface area contributed by atoms with Gasteiger partial charge in [-0.1, -0.05) is 156 Å². The predicted molar refractivity (Wildman–Crippen MR) is 400 cm³/mol. The van der Waals surface area contributed by atoms with Crippen LogP contribution in [0.1, 0.15) is 146 Å². The fraction of sp³-hybridized carbons (Fsp3) is 0.641. The number of carbonyl (C=O) groups is 12. The number of piperidine rings is 1. The lowest BCUT2D eigenvalue weighted by molar-refractivity contribution is -0.151. The molecule has 0 radical (unpaired) electrons. The molecule has 105 heavy (non-hydrogen) atoms. The summed E-state index contributed by atoms with van der Waals surface area (Å²) in [4.78, 5) is 191. The molecule has 9 atom stereocenters. The van der Waals surface area contributed by atoms with Crippen molar-refractivity contribution in [2.24, 2.45) is 35.0 Å². The lowest BCUT2D eigenvalue weighted by atomic mass is 9.96. The van der Waals surface area contributed by atoms with Gasteiger partial charge in [0.1, 0.15) is 59.7 Å². The summed E-state index contributed by atoms with van der Waals surface area (Å²) in [6, 6.07) is 6.09. The number of likely N-dealkylation sites (N-methyl/N-ethyl adjacent to an activating group) is 7. The van der Waals surface area contributed by atoms with E-state index in [1.54, 1.807) is 107 Å².